The van der Waals surface area contributed by atoms with Gasteiger partial charge < -0.3 is 9.72 Å². The van der Waals surface area contributed by atoms with Gasteiger partial charge in [-0.3, -0.25) is 4.79 Å². The number of carbonyl (C=O) groups excluding carboxylic acids is 1. The smallest absolute Gasteiger partial charge is 0.306 e. The molecule has 0 aliphatic rings. The fourth-order valence-electron chi connectivity index (χ4n) is 3.83. The number of benzene rings is 3. The molecule has 4 aromatic rings. The number of aryl methyl sites for hydroxylation is 1. The van der Waals surface area contributed by atoms with Crippen LogP contribution >= 0.6 is 0 Å². The summed E-state index contributed by atoms with van der Waals surface area (Å²) < 4.78 is 19.0. The summed E-state index contributed by atoms with van der Waals surface area (Å²) >= 11 is 0. The van der Waals surface area contributed by atoms with Crippen LogP contribution in [0.3, 0.4) is 0 Å². The van der Waals surface area contributed by atoms with E-state index in [4.69, 9.17) is 4.74 Å². The van der Waals surface area contributed by atoms with E-state index in [9.17, 15) is 9.18 Å². The summed E-state index contributed by atoms with van der Waals surface area (Å²) in [6, 6.07) is 24.8. The van der Waals surface area contributed by atoms with E-state index in [1.807, 2.05) is 66.9 Å². The number of fused-ring (bicyclic) bond motifs is 1. The molecule has 4 heteroatoms. The molecule has 4 rings (SSSR count). The first-order chi connectivity index (χ1) is 14.7. The van der Waals surface area contributed by atoms with Gasteiger partial charge in [-0.15, -0.1) is 0 Å². The van der Waals surface area contributed by atoms with Crippen LogP contribution in [-0.4, -0.2) is 17.6 Å². The highest BCUT2D eigenvalue weighted by Crippen LogP contribution is 2.28. The van der Waals surface area contributed by atoms with E-state index in [0.717, 1.165) is 34.0 Å². The molecule has 152 valence electrons. The maximum absolute atomic E-state index is 13.5. The first kappa shape index (κ1) is 19.9. The number of carbonyl (C=O) groups is 1. The highest BCUT2D eigenvalue weighted by Gasteiger charge is 2.19. The Bertz CT molecular complexity index is 1070. The molecule has 0 saturated carbocycles. The minimum atomic E-state index is -0.248. The Morgan fingerprint density at radius 3 is 2.27 bits per heavy atom. The molecule has 1 aromatic heterocycles. The highest BCUT2D eigenvalue weighted by atomic mass is 19.1. The number of H-pyrrole nitrogens is 1. The van der Waals surface area contributed by atoms with Crippen molar-refractivity contribution >= 4 is 16.9 Å². The van der Waals surface area contributed by atoms with Crippen molar-refractivity contribution in [2.45, 2.75) is 25.2 Å². The molecule has 0 fully saturated rings. The maximum atomic E-state index is 13.5. The quantitative estimate of drug-likeness (QED) is 0.290. The van der Waals surface area contributed by atoms with Gasteiger partial charge in [0, 0.05) is 23.0 Å². The Hall–Kier alpha value is -3.40. The van der Waals surface area contributed by atoms with Crippen molar-refractivity contribution in [1.82, 2.24) is 4.98 Å². The second-order valence-corrected chi connectivity index (χ2v) is 7.41. The fourth-order valence-corrected chi connectivity index (χ4v) is 3.83. The third-order valence-electron chi connectivity index (χ3n) is 5.36. The summed E-state index contributed by atoms with van der Waals surface area (Å²) in [5.74, 6) is -0.489. The molecule has 0 radical (unpaired) electrons. The number of hydrogen-bond acceptors (Lipinski definition) is 2. The predicted octanol–water partition coefficient (Wildman–Crippen LogP) is 6.01. The zero-order valence-electron chi connectivity index (χ0n) is 16.7. The van der Waals surface area contributed by atoms with E-state index in [2.05, 4.69) is 4.98 Å². The normalized spacial score (nSPS) is 11.1. The van der Waals surface area contributed by atoms with Gasteiger partial charge in [0.1, 0.15) is 5.82 Å². The molecule has 0 amide bonds. The second kappa shape index (κ2) is 9.40. The molecule has 1 N–H and O–H groups in total. The first-order valence-electron chi connectivity index (χ1n) is 10.2. The van der Waals surface area contributed by atoms with E-state index >= 15 is 0 Å². The summed E-state index contributed by atoms with van der Waals surface area (Å²) in [5, 5.41) is 0.884. The Labute approximate surface area is 175 Å². The number of nitrogens with one attached hydrogen (secondary N) is 1. The summed E-state index contributed by atoms with van der Waals surface area (Å²) in [4.78, 5) is 15.7. The van der Waals surface area contributed by atoms with Crippen molar-refractivity contribution in [3.8, 4) is 0 Å². The average molecular weight is 401 g/mol. The summed E-state index contributed by atoms with van der Waals surface area (Å²) in [5.41, 5.74) is 4.15. The van der Waals surface area contributed by atoms with Gasteiger partial charge >= 0.3 is 5.97 Å². The molecule has 0 spiro atoms. The molecule has 0 aliphatic carbocycles. The third kappa shape index (κ3) is 4.77. The number of halogens is 1. The van der Waals surface area contributed by atoms with Crippen molar-refractivity contribution in [2.75, 3.05) is 6.61 Å². The fraction of sp³-hybridized carbons (Fsp3) is 0.192. The lowest BCUT2D eigenvalue weighted by atomic mass is 9.89. The topological polar surface area (TPSA) is 42.1 Å². The van der Waals surface area contributed by atoms with Gasteiger partial charge in [0.15, 0.2) is 0 Å². The van der Waals surface area contributed by atoms with Gasteiger partial charge in [0.2, 0.25) is 0 Å². The summed E-state index contributed by atoms with van der Waals surface area (Å²) in [6.45, 7) is 0.344. The van der Waals surface area contributed by atoms with Crippen molar-refractivity contribution in [3.63, 3.8) is 0 Å². The van der Waals surface area contributed by atoms with Crippen molar-refractivity contribution in [2.24, 2.45) is 0 Å². The van der Waals surface area contributed by atoms with Crippen LogP contribution in [0.15, 0.2) is 85.1 Å². The van der Waals surface area contributed by atoms with Crippen LogP contribution in [0.5, 0.6) is 0 Å². The van der Waals surface area contributed by atoms with E-state index in [-0.39, 0.29) is 17.7 Å². The zero-order valence-corrected chi connectivity index (χ0v) is 16.7. The zero-order chi connectivity index (χ0) is 20.8. The van der Waals surface area contributed by atoms with Gasteiger partial charge in [0.25, 0.3) is 0 Å². The largest absolute Gasteiger partial charge is 0.466 e. The SMILES string of the molecule is O=C(CC(c1ccccc1)c1ccccc1)OCCCc1c[nH]c2ccc(F)cc12. The lowest BCUT2D eigenvalue weighted by Crippen LogP contribution is -2.12. The number of ether oxygens (including phenoxy) is 1. The standard InChI is InChI=1S/C26H24FNO2/c27-22-13-14-25-24(16-22)21(18-28-25)12-7-15-30-26(29)17-23(19-8-3-1-4-9-19)20-10-5-2-6-11-20/h1-6,8-11,13-14,16,18,23,28H,7,12,15,17H2. The average Bonchev–Trinajstić information content (AvgIpc) is 3.18. The molecule has 0 aliphatic heterocycles. The number of aromatic nitrogens is 1. The maximum Gasteiger partial charge on any atom is 0.306 e. The van der Waals surface area contributed by atoms with Crippen LogP contribution in [0.25, 0.3) is 10.9 Å². The molecule has 3 nitrogen and oxygen atoms in total. The second-order valence-electron chi connectivity index (χ2n) is 7.41. The Kier molecular flexibility index (Phi) is 6.23. The molecule has 0 bridgehead atoms. The van der Waals surface area contributed by atoms with Crippen molar-refractivity contribution < 1.29 is 13.9 Å². The Morgan fingerprint density at radius 1 is 0.933 bits per heavy atom. The van der Waals surface area contributed by atoms with Gasteiger partial charge in [-0.1, -0.05) is 60.7 Å². The van der Waals surface area contributed by atoms with Gasteiger partial charge in [-0.25, -0.2) is 4.39 Å². The molecule has 0 unspecified atom stereocenters. The minimum absolute atomic E-state index is 0.0310. The monoisotopic (exact) mass is 401 g/mol. The number of esters is 1. The number of hydrogen-bond donors (Lipinski definition) is 1. The predicted molar refractivity (Wildman–Crippen MR) is 117 cm³/mol. The van der Waals surface area contributed by atoms with Crippen LogP contribution in [0, 0.1) is 5.82 Å². The van der Waals surface area contributed by atoms with Gasteiger partial charge in [-0.05, 0) is 47.7 Å². The van der Waals surface area contributed by atoms with Gasteiger partial charge in [0.05, 0.1) is 13.0 Å². The van der Waals surface area contributed by atoms with E-state index < -0.39 is 0 Å². The van der Waals surface area contributed by atoms with Crippen LogP contribution in [0.4, 0.5) is 4.39 Å². The van der Waals surface area contributed by atoms with E-state index in [1.165, 1.54) is 12.1 Å². The lowest BCUT2D eigenvalue weighted by Gasteiger charge is -2.17. The Morgan fingerprint density at radius 2 is 1.60 bits per heavy atom. The molecule has 30 heavy (non-hydrogen) atoms. The van der Waals surface area contributed by atoms with Crippen LogP contribution in [-0.2, 0) is 16.0 Å². The van der Waals surface area contributed by atoms with Crippen molar-refractivity contribution in [1.29, 1.82) is 0 Å². The van der Waals surface area contributed by atoms with Gasteiger partial charge in [-0.2, -0.15) is 0 Å². The number of rotatable bonds is 8. The Balaban J connectivity index is 1.34. The molecule has 1 heterocycles. The summed E-state index contributed by atoms with van der Waals surface area (Å²) in [6.07, 6.45) is 3.60. The van der Waals surface area contributed by atoms with Crippen LogP contribution in [0.1, 0.15) is 35.4 Å². The van der Waals surface area contributed by atoms with Crippen LogP contribution < -0.4 is 0 Å². The molecule has 3 aromatic carbocycles. The van der Waals surface area contributed by atoms with E-state index in [1.54, 1.807) is 6.07 Å². The molecule has 0 saturated heterocycles. The lowest BCUT2D eigenvalue weighted by molar-refractivity contribution is -0.144. The first-order valence-corrected chi connectivity index (χ1v) is 10.2. The molecular weight excluding hydrogens is 377 g/mol. The van der Waals surface area contributed by atoms with Crippen molar-refractivity contribution in [3.05, 3.63) is 108 Å². The molecular formula is C26H24FNO2. The van der Waals surface area contributed by atoms with Crippen LogP contribution in [0.2, 0.25) is 0 Å². The highest BCUT2D eigenvalue weighted by molar-refractivity contribution is 5.83. The molecule has 0 atom stereocenters. The minimum Gasteiger partial charge on any atom is -0.466 e. The van der Waals surface area contributed by atoms with E-state index in [0.29, 0.717) is 19.4 Å². The summed E-state index contributed by atoms with van der Waals surface area (Å²) in [7, 11) is 0. The third-order valence-corrected chi connectivity index (χ3v) is 5.36. The number of aromatic amines is 1.